The highest BCUT2D eigenvalue weighted by atomic mass is 79.9. The molecule has 2 aromatic rings. The molecule has 0 bridgehead atoms. The monoisotopic (exact) mass is 327 g/mol. The van der Waals surface area contributed by atoms with E-state index in [9.17, 15) is 9.50 Å². The fraction of sp³-hybridized carbons (Fsp3) is 0.308. The lowest BCUT2D eigenvalue weighted by molar-refractivity contribution is 0.160. The molecule has 1 aromatic carbocycles. The van der Waals surface area contributed by atoms with E-state index < -0.39 is 6.10 Å². The van der Waals surface area contributed by atoms with E-state index in [-0.39, 0.29) is 5.82 Å². The van der Waals surface area contributed by atoms with Gasteiger partial charge >= 0.3 is 0 Å². The predicted molar refractivity (Wildman–Crippen MR) is 73.1 cm³/mol. The summed E-state index contributed by atoms with van der Waals surface area (Å²) in [4.78, 5) is 5.38. The lowest BCUT2D eigenvalue weighted by Gasteiger charge is -2.14. The van der Waals surface area contributed by atoms with Crippen LogP contribution >= 0.6 is 27.3 Å². The van der Waals surface area contributed by atoms with Crippen LogP contribution in [-0.4, -0.2) is 10.1 Å². The number of thiazole rings is 1. The summed E-state index contributed by atoms with van der Waals surface area (Å²) in [6.45, 7) is 0. The van der Waals surface area contributed by atoms with Crippen LogP contribution in [0.1, 0.15) is 29.5 Å². The van der Waals surface area contributed by atoms with Crippen molar-refractivity contribution < 1.29 is 9.50 Å². The largest absolute Gasteiger partial charge is 0.388 e. The maximum Gasteiger partial charge on any atom is 0.134 e. The molecule has 1 aliphatic rings. The SMILES string of the molecule is OC1CCCc2nc(-c3c(F)cccc3Br)sc21. The van der Waals surface area contributed by atoms with Crippen LogP contribution in [0.2, 0.25) is 0 Å². The first-order chi connectivity index (χ1) is 8.66. The average molecular weight is 328 g/mol. The Balaban J connectivity index is 2.13. The molecular weight excluding hydrogens is 317 g/mol. The van der Waals surface area contributed by atoms with Gasteiger partial charge in [-0.1, -0.05) is 6.07 Å². The van der Waals surface area contributed by atoms with Crippen LogP contribution in [0.25, 0.3) is 10.6 Å². The number of rotatable bonds is 1. The third-order valence-electron chi connectivity index (χ3n) is 3.10. The van der Waals surface area contributed by atoms with Gasteiger partial charge in [-0.2, -0.15) is 0 Å². The molecule has 3 rings (SSSR count). The van der Waals surface area contributed by atoms with Gasteiger partial charge in [0.25, 0.3) is 0 Å². The Morgan fingerprint density at radius 2 is 2.28 bits per heavy atom. The summed E-state index contributed by atoms with van der Waals surface area (Å²) in [6.07, 6.45) is 2.14. The van der Waals surface area contributed by atoms with E-state index in [4.69, 9.17) is 0 Å². The van der Waals surface area contributed by atoms with Crippen LogP contribution in [-0.2, 0) is 6.42 Å². The third kappa shape index (κ3) is 2.00. The van der Waals surface area contributed by atoms with Gasteiger partial charge in [-0.15, -0.1) is 11.3 Å². The molecule has 1 heterocycles. The number of aliphatic hydroxyl groups is 1. The number of hydrogen-bond donors (Lipinski definition) is 1. The van der Waals surface area contributed by atoms with Crippen molar-refractivity contribution in [2.24, 2.45) is 0 Å². The molecule has 18 heavy (non-hydrogen) atoms. The Hall–Kier alpha value is -0.780. The summed E-state index contributed by atoms with van der Waals surface area (Å²) >= 11 is 4.75. The standard InChI is InChI=1S/C13H11BrFNOS/c14-7-3-1-4-8(15)11(7)13-16-9-5-2-6-10(17)12(9)18-13/h1,3-4,10,17H,2,5-6H2. The summed E-state index contributed by atoms with van der Waals surface area (Å²) in [5.74, 6) is -0.287. The highest BCUT2D eigenvalue weighted by molar-refractivity contribution is 9.10. The van der Waals surface area contributed by atoms with Crippen LogP contribution in [0.3, 0.4) is 0 Å². The van der Waals surface area contributed by atoms with Gasteiger partial charge in [0.15, 0.2) is 0 Å². The molecule has 1 atom stereocenters. The van der Waals surface area contributed by atoms with Crippen molar-refractivity contribution in [3.05, 3.63) is 39.1 Å². The lowest BCUT2D eigenvalue weighted by atomic mass is 10.0. The van der Waals surface area contributed by atoms with Crippen LogP contribution in [0.4, 0.5) is 4.39 Å². The molecule has 0 saturated heterocycles. The van der Waals surface area contributed by atoms with Gasteiger partial charge in [0.05, 0.1) is 22.2 Å². The Morgan fingerprint density at radius 1 is 1.44 bits per heavy atom. The highest BCUT2D eigenvalue weighted by Gasteiger charge is 2.24. The highest BCUT2D eigenvalue weighted by Crippen LogP contribution is 2.40. The second-order valence-corrected chi connectivity index (χ2v) is 6.22. The van der Waals surface area contributed by atoms with E-state index in [1.807, 2.05) is 0 Å². The fourth-order valence-electron chi connectivity index (χ4n) is 2.21. The number of benzene rings is 1. The summed E-state index contributed by atoms with van der Waals surface area (Å²) in [5.41, 5.74) is 1.41. The molecule has 0 spiro atoms. The topological polar surface area (TPSA) is 33.1 Å². The molecule has 0 aliphatic heterocycles. The van der Waals surface area contributed by atoms with E-state index >= 15 is 0 Å². The minimum atomic E-state index is -0.439. The van der Waals surface area contributed by atoms with Gasteiger partial charge in [0.2, 0.25) is 0 Å². The van der Waals surface area contributed by atoms with Crippen molar-refractivity contribution in [1.82, 2.24) is 4.98 Å². The first-order valence-electron chi connectivity index (χ1n) is 5.79. The quantitative estimate of drug-likeness (QED) is 0.856. The number of hydrogen-bond acceptors (Lipinski definition) is 3. The van der Waals surface area contributed by atoms with E-state index in [1.165, 1.54) is 17.4 Å². The lowest BCUT2D eigenvalue weighted by Crippen LogP contribution is -2.06. The van der Waals surface area contributed by atoms with Crippen molar-refractivity contribution in [3.63, 3.8) is 0 Å². The third-order valence-corrected chi connectivity index (χ3v) is 4.98. The number of aryl methyl sites for hydroxylation is 1. The zero-order valence-corrected chi connectivity index (χ0v) is 11.9. The van der Waals surface area contributed by atoms with E-state index in [0.717, 1.165) is 29.8 Å². The van der Waals surface area contributed by atoms with Crippen molar-refractivity contribution in [2.75, 3.05) is 0 Å². The molecule has 5 heteroatoms. The van der Waals surface area contributed by atoms with Crippen LogP contribution in [0.15, 0.2) is 22.7 Å². The summed E-state index contributed by atoms with van der Waals surface area (Å²) in [5, 5.41) is 10.6. The molecule has 0 saturated carbocycles. The van der Waals surface area contributed by atoms with Gasteiger partial charge in [0, 0.05) is 4.47 Å². The number of fused-ring (bicyclic) bond motifs is 1. The average Bonchev–Trinajstić information content (AvgIpc) is 2.74. The zero-order chi connectivity index (χ0) is 12.7. The Labute approximate surface area is 117 Å². The Bertz CT molecular complexity index is 578. The smallest absolute Gasteiger partial charge is 0.134 e. The van der Waals surface area contributed by atoms with Crippen LogP contribution < -0.4 is 0 Å². The van der Waals surface area contributed by atoms with E-state index in [2.05, 4.69) is 20.9 Å². The molecule has 1 N–H and O–H groups in total. The zero-order valence-electron chi connectivity index (χ0n) is 9.49. The number of aliphatic hydroxyl groups excluding tert-OH is 1. The number of aromatic nitrogens is 1. The van der Waals surface area contributed by atoms with Crippen molar-refractivity contribution in [1.29, 1.82) is 0 Å². The Morgan fingerprint density at radius 3 is 3.00 bits per heavy atom. The minimum absolute atomic E-state index is 0.287. The first kappa shape index (κ1) is 12.3. The van der Waals surface area contributed by atoms with Crippen LogP contribution in [0, 0.1) is 5.82 Å². The molecule has 1 aliphatic carbocycles. The molecule has 0 radical (unpaired) electrons. The summed E-state index contributed by atoms with van der Waals surface area (Å²) in [7, 11) is 0. The molecule has 1 unspecified atom stereocenters. The van der Waals surface area contributed by atoms with Gasteiger partial charge < -0.3 is 5.11 Å². The summed E-state index contributed by atoms with van der Waals surface area (Å²) in [6, 6.07) is 4.89. The van der Waals surface area contributed by atoms with E-state index in [0.29, 0.717) is 15.0 Å². The minimum Gasteiger partial charge on any atom is -0.388 e. The molecule has 0 fully saturated rings. The number of halogens is 2. The fourth-order valence-corrected chi connectivity index (χ4v) is 4.06. The maximum atomic E-state index is 13.9. The maximum absolute atomic E-state index is 13.9. The predicted octanol–water partition coefficient (Wildman–Crippen LogP) is 4.08. The van der Waals surface area contributed by atoms with Crippen molar-refractivity contribution in [3.8, 4) is 10.6 Å². The molecule has 1 aromatic heterocycles. The van der Waals surface area contributed by atoms with Crippen molar-refractivity contribution >= 4 is 27.3 Å². The number of nitrogens with zero attached hydrogens (tertiary/aromatic N) is 1. The van der Waals surface area contributed by atoms with Gasteiger partial charge in [0.1, 0.15) is 10.8 Å². The van der Waals surface area contributed by atoms with Crippen molar-refractivity contribution in [2.45, 2.75) is 25.4 Å². The molecule has 2 nitrogen and oxygen atoms in total. The second-order valence-electron chi connectivity index (χ2n) is 4.33. The van der Waals surface area contributed by atoms with Crippen LogP contribution in [0.5, 0.6) is 0 Å². The molecule has 0 amide bonds. The van der Waals surface area contributed by atoms with Gasteiger partial charge in [-0.25, -0.2) is 9.37 Å². The second kappa shape index (κ2) is 4.72. The summed E-state index contributed by atoms with van der Waals surface area (Å²) < 4.78 is 14.6. The van der Waals surface area contributed by atoms with Gasteiger partial charge in [-0.3, -0.25) is 0 Å². The first-order valence-corrected chi connectivity index (χ1v) is 7.40. The normalized spacial score (nSPS) is 18.7. The Kier molecular flexibility index (Phi) is 3.21. The molecule has 94 valence electrons. The van der Waals surface area contributed by atoms with E-state index in [1.54, 1.807) is 12.1 Å². The molecular formula is C13H11BrFNOS. The van der Waals surface area contributed by atoms with Gasteiger partial charge in [-0.05, 0) is 47.3 Å².